The van der Waals surface area contributed by atoms with E-state index >= 15 is 0 Å². The van der Waals surface area contributed by atoms with Gasteiger partial charge in [-0.15, -0.1) is 11.3 Å². The van der Waals surface area contributed by atoms with E-state index in [2.05, 4.69) is 10.6 Å². The zero-order chi connectivity index (χ0) is 24.7. The molecule has 3 rings (SSSR count). The van der Waals surface area contributed by atoms with E-state index < -0.39 is 36.4 Å². The SMILES string of the molecule is CCOC(=O)c1c(-c2ccco2)csc1NC(=O)COC(=O)[C@@H](NC(=O)c1ccco1)C(C)C. The number of carbonyl (C=O) groups excluding carboxylic acids is 4. The average molecular weight is 489 g/mol. The summed E-state index contributed by atoms with van der Waals surface area (Å²) in [4.78, 5) is 49.8. The number of thiophene rings is 1. The van der Waals surface area contributed by atoms with Crippen LogP contribution in [0, 0.1) is 5.92 Å². The van der Waals surface area contributed by atoms with E-state index in [9.17, 15) is 19.2 Å². The highest BCUT2D eigenvalue weighted by Gasteiger charge is 2.28. The van der Waals surface area contributed by atoms with Crippen molar-refractivity contribution in [3.05, 3.63) is 53.5 Å². The van der Waals surface area contributed by atoms with Gasteiger partial charge >= 0.3 is 11.9 Å². The monoisotopic (exact) mass is 488 g/mol. The van der Waals surface area contributed by atoms with E-state index in [-0.39, 0.29) is 28.8 Å². The zero-order valence-corrected chi connectivity index (χ0v) is 19.6. The Labute approximate surface area is 199 Å². The molecule has 3 aromatic rings. The van der Waals surface area contributed by atoms with Gasteiger partial charge < -0.3 is 28.9 Å². The summed E-state index contributed by atoms with van der Waals surface area (Å²) in [5, 5.41) is 7.01. The van der Waals surface area contributed by atoms with Crippen LogP contribution in [0.3, 0.4) is 0 Å². The highest BCUT2D eigenvalue weighted by atomic mass is 32.1. The highest BCUT2D eigenvalue weighted by molar-refractivity contribution is 7.15. The van der Waals surface area contributed by atoms with Gasteiger partial charge in [-0.1, -0.05) is 13.8 Å². The third-order valence-corrected chi connectivity index (χ3v) is 5.50. The molecule has 0 bridgehead atoms. The minimum atomic E-state index is -0.993. The number of esters is 2. The standard InChI is InChI=1S/C23H24N2O8S/c1-4-30-22(28)18-14(15-7-5-9-31-15)12-34-21(18)24-17(26)11-33-23(29)19(13(2)3)25-20(27)16-8-6-10-32-16/h5-10,12-13,19H,4,11H2,1-3H3,(H,24,26)(H,25,27)/t19-/m0/s1. The number of ether oxygens (including phenoxy) is 2. The number of hydrogen-bond donors (Lipinski definition) is 2. The minimum absolute atomic E-state index is 0.0488. The molecular weight excluding hydrogens is 464 g/mol. The van der Waals surface area contributed by atoms with Gasteiger partial charge in [0.05, 0.1) is 19.1 Å². The Bertz CT molecular complexity index is 1130. The summed E-state index contributed by atoms with van der Waals surface area (Å²) in [6, 6.07) is 5.38. The number of amides is 2. The number of rotatable bonds is 10. The first-order valence-electron chi connectivity index (χ1n) is 10.4. The first-order chi connectivity index (χ1) is 16.3. The summed E-state index contributed by atoms with van der Waals surface area (Å²) in [7, 11) is 0. The lowest BCUT2D eigenvalue weighted by Crippen LogP contribution is -2.45. The Morgan fingerprint density at radius 1 is 1.06 bits per heavy atom. The Balaban J connectivity index is 1.65. The molecule has 0 saturated heterocycles. The first-order valence-corrected chi connectivity index (χ1v) is 11.3. The van der Waals surface area contributed by atoms with Crippen molar-refractivity contribution in [2.45, 2.75) is 26.8 Å². The fourth-order valence-electron chi connectivity index (χ4n) is 2.98. The highest BCUT2D eigenvalue weighted by Crippen LogP contribution is 2.36. The first kappa shape index (κ1) is 24.8. The molecule has 34 heavy (non-hydrogen) atoms. The summed E-state index contributed by atoms with van der Waals surface area (Å²) in [5.41, 5.74) is 0.619. The lowest BCUT2D eigenvalue weighted by atomic mass is 10.0. The fraction of sp³-hybridized carbons (Fsp3) is 0.304. The van der Waals surface area contributed by atoms with Crippen LogP contribution in [0.4, 0.5) is 5.00 Å². The van der Waals surface area contributed by atoms with Crippen LogP contribution in [0.5, 0.6) is 0 Å². The number of nitrogens with one attached hydrogen (secondary N) is 2. The van der Waals surface area contributed by atoms with Crippen LogP contribution >= 0.6 is 11.3 Å². The molecule has 0 aliphatic heterocycles. The predicted octanol–water partition coefficient (Wildman–Crippen LogP) is 3.71. The van der Waals surface area contributed by atoms with Gasteiger partial charge in [0.1, 0.15) is 22.4 Å². The van der Waals surface area contributed by atoms with Crippen LogP contribution in [-0.4, -0.2) is 43.0 Å². The molecule has 0 aliphatic rings. The van der Waals surface area contributed by atoms with Crippen LogP contribution in [0.25, 0.3) is 11.3 Å². The topological polar surface area (TPSA) is 137 Å². The molecule has 10 nitrogen and oxygen atoms in total. The number of carbonyl (C=O) groups is 4. The summed E-state index contributed by atoms with van der Waals surface area (Å²) in [6.45, 7) is 4.65. The van der Waals surface area contributed by atoms with Crippen molar-refractivity contribution in [3.63, 3.8) is 0 Å². The normalized spacial score (nSPS) is 11.6. The van der Waals surface area contributed by atoms with Crippen molar-refractivity contribution in [2.75, 3.05) is 18.5 Å². The molecule has 0 radical (unpaired) electrons. The molecular formula is C23H24N2O8S. The van der Waals surface area contributed by atoms with Crippen LogP contribution in [0.1, 0.15) is 41.7 Å². The van der Waals surface area contributed by atoms with Crippen LogP contribution in [0.2, 0.25) is 0 Å². The van der Waals surface area contributed by atoms with Gasteiger partial charge in [0.15, 0.2) is 12.4 Å². The molecule has 3 aromatic heterocycles. The molecule has 0 unspecified atom stereocenters. The van der Waals surface area contributed by atoms with Crippen molar-refractivity contribution in [1.82, 2.24) is 5.32 Å². The molecule has 180 valence electrons. The molecule has 0 aliphatic carbocycles. The van der Waals surface area contributed by atoms with Gasteiger partial charge in [0.2, 0.25) is 0 Å². The second-order valence-electron chi connectivity index (χ2n) is 7.38. The third-order valence-electron chi connectivity index (χ3n) is 4.61. The molecule has 0 fully saturated rings. The molecule has 0 saturated carbocycles. The Kier molecular flexibility index (Phi) is 8.25. The molecule has 2 amide bonds. The van der Waals surface area contributed by atoms with E-state index in [4.69, 9.17) is 18.3 Å². The van der Waals surface area contributed by atoms with E-state index in [0.29, 0.717) is 11.3 Å². The van der Waals surface area contributed by atoms with Crippen LogP contribution in [0.15, 0.2) is 51.0 Å². The third kappa shape index (κ3) is 5.93. The maximum absolute atomic E-state index is 12.5. The van der Waals surface area contributed by atoms with E-state index in [0.717, 1.165) is 11.3 Å². The van der Waals surface area contributed by atoms with Crippen molar-refractivity contribution in [3.8, 4) is 11.3 Å². The fourth-order valence-corrected chi connectivity index (χ4v) is 3.93. The summed E-state index contributed by atoms with van der Waals surface area (Å²) >= 11 is 1.11. The molecule has 0 aromatic carbocycles. The number of anilines is 1. The van der Waals surface area contributed by atoms with Gasteiger partial charge in [-0.2, -0.15) is 0 Å². The Morgan fingerprint density at radius 3 is 2.41 bits per heavy atom. The van der Waals surface area contributed by atoms with Gasteiger partial charge in [-0.05, 0) is 37.1 Å². The van der Waals surface area contributed by atoms with Gasteiger partial charge in [-0.3, -0.25) is 9.59 Å². The Hall–Kier alpha value is -3.86. The summed E-state index contributed by atoms with van der Waals surface area (Å²) < 4.78 is 20.6. The second kappa shape index (κ2) is 11.3. The molecule has 0 spiro atoms. The molecule has 2 N–H and O–H groups in total. The van der Waals surface area contributed by atoms with Crippen LogP contribution < -0.4 is 10.6 Å². The maximum atomic E-state index is 12.5. The van der Waals surface area contributed by atoms with E-state index in [1.54, 1.807) is 44.4 Å². The zero-order valence-electron chi connectivity index (χ0n) is 18.8. The van der Waals surface area contributed by atoms with Gasteiger partial charge in [-0.25, -0.2) is 9.59 Å². The van der Waals surface area contributed by atoms with Crippen molar-refractivity contribution in [1.29, 1.82) is 0 Å². The summed E-state index contributed by atoms with van der Waals surface area (Å²) in [6.07, 6.45) is 2.81. The number of hydrogen-bond acceptors (Lipinski definition) is 9. The largest absolute Gasteiger partial charge is 0.464 e. The van der Waals surface area contributed by atoms with Crippen molar-refractivity contribution in [2.24, 2.45) is 5.92 Å². The summed E-state index contributed by atoms with van der Waals surface area (Å²) in [5.74, 6) is -2.45. The lowest BCUT2D eigenvalue weighted by Gasteiger charge is -2.20. The van der Waals surface area contributed by atoms with Crippen molar-refractivity contribution < 1.29 is 37.5 Å². The second-order valence-corrected chi connectivity index (χ2v) is 8.26. The van der Waals surface area contributed by atoms with Gasteiger partial charge in [0, 0.05) is 10.9 Å². The molecule has 1 atom stereocenters. The minimum Gasteiger partial charge on any atom is -0.464 e. The average Bonchev–Trinajstić information content (AvgIpc) is 3.57. The van der Waals surface area contributed by atoms with Crippen molar-refractivity contribution >= 4 is 40.1 Å². The molecule has 3 heterocycles. The van der Waals surface area contributed by atoms with E-state index in [1.165, 1.54) is 18.6 Å². The lowest BCUT2D eigenvalue weighted by molar-refractivity contribution is -0.150. The quantitative estimate of drug-likeness (QED) is 0.412. The van der Waals surface area contributed by atoms with E-state index in [1.807, 2.05) is 0 Å². The maximum Gasteiger partial charge on any atom is 0.341 e. The Morgan fingerprint density at radius 2 is 1.79 bits per heavy atom. The smallest absolute Gasteiger partial charge is 0.341 e. The molecule has 11 heteroatoms. The van der Waals surface area contributed by atoms with Gasteiger partial charge in [0.25, 0.3) is 11.8 Å². The predicted molar refractivity (Wildman–Crippen MR) is 122 cm³/mol. The number of furan rings is 2. The van der Waals surface area contributed by atoms with Crippen LogP contribution in [-0.2, 0) is 19.1 Å².